The van der Waals surface area contributed by atoms with E-state index in [2.05, 4.69) is 24.1 Å². The summed E-state index contributed by atoms with van der Waals surface area (Å²) in [5, 5.41) is 12.9. The monoisotopic (exact) mass is 256 g/mol. The molecule has 1 unspecified atom stereocenters. The minimum Gasteiger partial charge on any atom is -0.392 e. The largest absolute Gasteiger partial charge is 0.392 e. The number of aromatic nitrogens is 1. The Morgan fingerprint density at radius 1 is 1.47 bits per heavy atom. The van der Waals surface area contributed by atoms with Gasteiger partial charge in [-0.3, -0.25) is 4.79 Å². The summed E-state index contributed by atoms with van der Waals surface area (Å²) in [6, 6.07) is 0. The second kappa shape index (κ2) is 6.12. The van der Waals surface area contributed by atoms with Crippen molar-refractivity contribution in [1.29, 1.82) is 0 Å². The summed E-state index contributed by atoms with van der Waals surface area (Å²) in [5.74, 6) is 0.318. The molecule has 0 saturated carbocycles. The van der Waals surface area contributed by atoms with Crippen LogP contribution in [-0.4, -0.2) is 22.1 Å². The number of carbonyl (C=O) groups excluding carboxylic acids is 1. The fourth-order valence-corrected chi connectivity index (χ4v) is 2.04. The van der Waals surface area contributed by atoms with Gasteiger partial charge in [0.25, 0.3) is 0 Å². The van der Waals surface area contributed by atoms with E-state index in [4.69, 9.17) is 0 Å². The number of nitrogens with one attached hydrogen (secondary N) is 1. The highest BCUT2D eigenvalue weighted by Gasteiger charge is 2.15. The SMILES string of the molecule is CC(C)c1cnc(NC(=O)CC(O)C(C)C)s1. The number of aliphatic hydroxyl groups is 1. The van der Waals surface area contributed by atoms with Crippen LogP contribution in [-0.2, 0) is 4.79 Å². The van der Waals surface area contributed by atoms with Gasteiger partial charge in [-0.15, -0.1) is 11.3 Å². The zero-order chi connectivity index (χ0) is 13.0. The highest BCUT2D eigenvalue weighted by Crippen LogP contribution is 2.25. The van der Waals surface area contributed by atoms with E-state index < -0.39 is 6.10 Å². The molecular formula is C12H20N2O2S. The number of amides is 1. The van der Waals surface area contributed by atoms with Crippen LogP contribution in [0.25, 0.3) is 0 Å². The van der Waals surface area contributed by atoms with Crippen LogP contribution in [0.5, 0.6) is 0 Å². The number of anilines is 1. The number of carbonyl (C=O) groups is 1. The van der Waals surface area contributed by atoms with Crippen molar-refractivity contribution in [3.8, 4) is 0 Å². The van der Waals surface area contributed by atoms with E-state index in [0.29, 0.717) is 11.0 Å². The molecule has 0 aromatic carbocycles. The van der Waals surface area contributed by atoms with E-state index in [1.165, 1.54) is 11.3 Å². The summed E-state index contributed by atoms with van der Waals surface area (Å²) in [6.45, 7) is 7.94. The number of nitrogens with zero attached hydrogens (tertiary/aromatic N) is 1. The van der Waals surface area contributed by atoms with Gasteiger partial charge in [-0.2, -0.15) is 0 Å². The quantitative estimate of drug-likeness (QED) is 0.851. The van der Waals surface area contributed by atoms with E-state index in [1.807, 2.05) is 13.8 Å². The Balaban J connectivity index is 2.50. The van der Waals surface area contributed by atoms with Crippen molar-refractivity contribution in [3.63, 3.8) is 0 Å². The number of thiazole rings is 1. The summed E-state index contributed by atoms with van der Waals surface area (Å²) in [7, 11) is 0. The lowest BCUT2D eigenvalue weighted by atomic mass is 10.0. The van der Waals surface area contributed by atoms with Crippen molar-refractivity contribution < 1.29 is 9.90 Å². The first kappa shape index (κ1) is 14.1. The van der Waals surface area contributed by atoms with Crippen LogP contribution in [0.2, 0.25) is 0 Å². The Labute approximate surface area is 106 Å². The molecule has 2 N–H and O–H groups in total. The molecule has 5 heteroatoms. The molecule has 1 heterocycles. The van der Waals surface area contributed by atoms with Gasteiger partial charge < -0.3 is 10.4 Å². The predicted octanol–water partition coefficient (Wildman–Crippen LogP) is 2.61. The summed E-state index contributed by atoms with van der Waals surface area (Å²) in [4.78, 5) is 16.9. The summed E-state index contributed by atoms with van der Waals surface area (Å²) >= 11 is 1.48. The summed E-state index contributed by atoms with van der Waals surface area (Å²) in [5.41, 5.74) is 0. The molecule has 0 aliphatic heterocycles. The summed E-state index contributed by atoms with van der Waals surface area (Å²) < 4.78 is 0. The second-order valence-corrected chi connectivity index (χ2v) is 5.85. The van der Waals surface area contributed by atoms with Crippen LogP contribution in [0.3, 0.4) is 0 Å². The van der Waals surface area contributed by atoms with Crippen LogP contribution in [0.15, 0.2) is 6.20 Å². The van der Waals surface area contributed by atoms with Crippen LogP contribution in [0.4, 0.5) is 5.13 Å². The zero-order valence-corrected chi connectivity index (χ0v) is 11.5. The van der Waals surface area contributed by atoms with Gasteiger partial charge in [-0.1, -0.05) is 27.7 Å². The van der Waals surface area contributed by atoms with Crippen molar-refractivity contribution >= 4 is 22.4 Å². The Kier molecular flexibility index (Phi) is 5.08. The minimum atomic E-state index is -0.598. The van der Waals surface area contributed by atoms with Crippen LogP contribution in [0.1, 0.15) is 44.9 Å². The molecule has 0 aliphatic carbocycles. The molecule has 1 rings (SSSR count). The van der Waals surface area contributed by atoms with Gasteiger partial charge in [0.15, 0.2) is 5.13 Å². The maximum absolute atomic E-state index is 11.6. The van der Waals surface area contributed by atoms with E-state index in [0.717, 1.165) is 4.88 Å². The Morgan fingerprint density at radius 2 is 2.12 bits per heavy atom. The Hall–Kier alpha value is -0.940. The van der Waals surface area contributed by atoms with E-state index in [1.54, 1.807) is 6.20 Å². The lowest BCUT2D eigenvalue weighted by Crippen LogP contribution is -2.23. The lowest BCUT2D eigenvalue weighted by Gasteiger charge is -2.12. The third-order valence-corrected chi connectivity index (χ3v) is 3.72. The first-order valence-electron chi connectivity index (χ1n) is 5.83. The molecule has 0 spiro atoms. The molecule has 96 valence electrons. The molecule has 1 aromatic rings. The molecule has 1 atom stereocenters. The second-order valence-electron chi connectivity index (χ2n) is 4.79. The number of aliphatic hydroxyl groups excluding tert-OH is 1. The van der Waals surface area contributed by atoms with Crippen molar-refractivity contribution in [2.45, 2.75) is 46.1 Å². The van der Waals surface area contributed by atoms with Gasteiger partial charge in [0.2, 0.25) is 5.91 Å². The standard InChI is InChI=1S/C12H20N2O2S/c1-7(2)9(15)5-11(16)14-12-13-6-10(17-12)8(3)4/h6-9,15H,5H2,1-4H3,(H,13,14,16). The number of rotatable bonds is 5. The van der Waals surface area contributed by atoms with Gasteiger partial charge in [-0.25, -0.2) is 4.98 Å². The zero-order valence-electron chi connectivity index (χ0n) is 10.7. The fourth-order valence-electron chi connectivity index (χ4n) is 1.21. The van der Waals surface area contributed by atoms with Crippen LogP contribution >= 0.6 is 11.3 Å². The van der Waals surface area contributed by atoms with Crippen LogP contribution < -0.4 is 5.32 Å². The first-order chi connectivity index (χ1) is 7.90. The molecule has 0 fully saturated rings. The lowest BCUT2D eigenvalue weighted by molar-refractivity contribution is -0.118. The molecule has 4 nitrogen and oxygen atoms in total. The van der Waals surface area contributed by atoms with Gasteiger partial charge in [-0.05, 0) is 11.8 Å². The topological polar surface area (TPSA) is 62.2 Å². The number of hydrogen-bond donors (Lipinski definition) is 2. The molecule has 17 heavy (non-hydrogen) atoms. The van der Waals surface area contributed by atoms with Crippen LogP contribution in [0, 0.1) is 5.92 Å². The highest BCUT2D eigenvalue weighted by atomic mass is 32.1. The molecule has 1 aromatic heterocycles. The molecule has 0 bridgehead atoms. The third kappa shape index (κ3) is 4.44. The molecule has 0 saturated heterocycles. The van der Waals surface area contributed by atoms with Crippen molar-refractivity contribution in [1.82, 2.24) is 4.98 Å². The minimum absolute atomic E-state index is 0.0864. The van der Waals surface area contributed by atoms with Crippen molar-refractivity contribution in [2.75, 3.05) is 5.32 Å². The van der Waals surface area contributed by atoms with E-state index in [-0.39, 0.29) is 18.2 Å². The smallest absolute Gasteiger partial charge is 0.228 e. The number of hydrogen-bond acceptors (Lipinski definition) is 4. The maximum Gasteiger partial charge on any atom is 0.228 e. The molecule has 1 amide bonds. The third-order valence-electron chi connectivity index (χ3n) is 2.50. The molecule has 0 aliphatic rings. The van der Waals surface area contributed by atoms with E-state index >= 15 is 0 Å². The molecule has 0 radical (unpaired) electrons. The van der Waals surface area contributed by atoms with Gasteiger partial charge in [0.1, 0.15) is 0 Å². The van der Waals surface area contributed by atoms with Gasteiger partial charge in [0, 0.05) is 11.1 Å². The summed E-state index contributed by atoms with van der Waals surface area (Å²) in [6.07, 6.45) is 1.30. The predicted molar refractivity (Wildman–Crippen MR) is 70.3 cm³/mol. The first-order valence-corrected chi connectivity index (χ1v) is 6.65. The highest BCUT2D eigenvalue weighted by molar-refractivity contribution is 7.15. The van der Waals surface area contributed by atoms with Gasteiger partial charge in [0.05, 0.1) is 12.5 Å². The van der Waals surface area contributed by atoms with Crippen molar-refractivity contribution in [2.24, 2.45) is 5.92 Å². The Bertz CT molecular complexity index is 374. The normalized spacial score (nSPS) is 13.1. The average molecular weight is 256 g/mol. The Morgan fingerprint density at radius 3 is 2.59 bits per heavy atom. The average Bonchev–Trinajstić information content (AvgIpc) is 2.65. The molecular weight excluding hydrogens is 236 g/mol. The fraction of sp³-hybridized carbons (Fsp3) is 0.667. The maximum atomic E-state index is 11.6. The van der Waals surface area contributed by atoms with E-state index in [9.17, 15) is 9.90 Å². The van der Waals surface area contributed by atoms with Crippen molar-refractivity contribution in [3.05, 3.63) is 11.1 Å². The van der Waals surface area contributed by atoms with Gasteiger partial charge >= 0.3 is 0 Å².